The van der Waals surface area contributed by atoms with Crippen LogP contribution in [0.2, 0.25) is 10.0 Å². The minimum absolute atomic E-state index is 0.0183. The Labute approximate surface area is 157 Å². The molecule has 1 fully saturated rings. The third kappa shape index (κ3) is 4.00. The lowest BCUT2D eigenvalue weighted by Gasteiger charge is -2.34. The van der Waals surface area contributed by atoms with Gasteiger partial charge in [-0.25, -0.2) is 0 Å². The SMILES string of the molecule is CCc1noc(C)c1C(=O)N1CCN(Cc2ccc(Cl)c(Cl)c2)CC1. The van der Waals surface area contributed by atoms with E-state index in [-0.39, 0.29) is 5.91 Å². The first-order chi connectivity index (χ1) is 12.0. The van der Waals surface area contributed by atoms with Gasteiger partial charge in [0.05, 0.1) is 15.7 Å². The fourth-order valence-corrected chi connectivity index (χ4v) is 3.42. The Morgan fingerprint density at radius 1 is 1.20 bits per heavy atom. The molecule has 0 N–H and O–H groups in total. The molecule has 0 atom stereocenters. The van der Waals surface area contributed by atoms with Gasteiger partial charge in [0, 0.05) is 32.7 Å². The molecule has 0 radical (unpaired) electrons. The van der Waals surface area contributed by atoms with E-state index in [1.807, 2.05) is 30.0 Å². The molecule has 0 spiro atoms. The maximum Gasteiger partial charge on any atom is 0.259 e. The molecule has 25 heavy (non-hydrogen) atoms. The third-order valence-electron chi connectivity index (χ3n) is 4.53. The minimum Gasteiger partial charge on any atom is -0.361 e. The van der Waals surface area contributed by atoms with Gasteiger partial charge in [-0.3, -0.25) is 9.69 Å². The second kappa shape index (κ2) is 7.77. The van der Waals surface area contributed by atoms with E-state index in [1.165, 1.54) is 0 Å². The summed E-state index contributed by atoms with van der Waals surface area (Å²) < 4.78 is 5.19. The molecule has 1 saturated heterocycles. The number of carbonyl (C=O) groups excluding carboxylic acids is 1. The van der Waals surface area contributed by atoms with E-state index >= 15 is 0 Å². The summed E-state index contributed by atoms with van der Waals surface area (Å²) >= 11 is 12.0. The van der Waals surface area contributed by atoms with Crippen LogP contribution in [-0.4, -0.2) is 47.0 Å². The molecule has 0 aliphatic carbocycles. The van der Waals surface area contributed by atoms with Crippen molar-refractivity contribution in [3.8, 4) is 0 Å². The summed E-state index contributed by atoms with van der Waals surface area (Å²) in [6, 6.07) is 5.70. The predicted octanol–water partition coefficient (Wildman–Crippen LogP) is 3.81. The van der Waals surface area contributed by atoms with Crippen LogP contribution in [0.3, 0.4) is 0 Å². The van der Waals surface area contributed by atoms with Crippen LogP contribution in [0.5, 0.6) is 0 Å². The molecule has 1 amide bonds. The summed E-state index contributed by atoms with van der Waals surface area (Å²) in [6.07, 6.45) is 0.690. The second-order valence-corrected chi connectivity index (χ2v) is 7.05. The lowest BCUT2D eigenvalue weighted by molar-refractivity contribution is 0.0626. The van der Waals surface area contributed by atoms with Crippen molar-refractivity contribution in [1.82, 2.24) is 15.0 Å². The predicted molar refractivity (Wildman–Crippen MR) is 98.3 cm³/mol. The zero-order chi connectivity index (χ0) is 18.0. The fourth-order valence-electron chi connectivity index (χ4n) is 3.10. The van der Waals surface area contributed by atoms with Gasteiger partial charge in [0.15, 0.2) is 0 Å². The van der Waals surface area contributed by atoms with Crippen LogP contribution in [0.4, 0.5) is 0 Å². The molecule has 7 heteroatoms. The maximum absolute atomic E-state index is 12.8. The van der Waals surface area contributed by atoms with Crippen molar-refractivity contribution in [2.24, 2.45) is 0 Å². The number of piperazine rings is 1. The summed E-state index contributed by atoms with van der Waals surface area (Å²) in [6.45, 7) is 7.58. The van der Waals surface area contributed by atoms with Crippen LogP contribution >= 0.6 is 23.2 Å². The molecular weight excluding hydrogens is 361 g/mol. The van der Waals surface area contributed by atoms with Crippen molar-refractivity contribution in [2.45, 2.75) is 26.8 Å². The van der Waals surface area contributed by atoms with Crippen LogP contribution in [0, 0.1) is 6.92 Å². The van der Waals surface area contributed by atoms with Gasteiger partial charge < -0.3 is 9.42 Å². The molecule has 2 aromatic rings. The minimum atomic E-state index is 0.0183. The van der Waals surface area contributed by atoms with Gasteiger partial charge >= 0.3 is 0 Å². The number of amides is 1. The highest BCUT2D eigenvalue weighted by Crippen LogP contribution is 2.24. The zero-order valence-electron chi connectivity index (χ0n) is 14.4. The van der Waals surface area contributed by atoms with Gasteiger partial charge in [0.1, 0.15) is 11.3 Å². The summed E-state index contributed by atoms with van der Waals surface area (Å²) in [4.78, 5) is 17.0. The van der Waals surface area contributed by atoms with E-state index < -0.39 is 0 Å². The Bertz CT molecular complexity index is 768. The lowest BCUT2D eigenvalue weighted by Crippen LogP contribution is -2.48. The Balaban J connectivity index is 1.60. The summed E-state index contributed by atoms with van der Waals surface area (Å²) in [5.41, 5.74) is 2.48. The maximum atomic E-state index is 12.8. The van der Waals surface area contributed by atoms with Crippen molar-refractivity contribution in [3.05, 3.63) is 50.8 Å². The van der Waals surface area contributed by atoms with Gasteiger partial charge in [0.25, 0.3) is 5.91 Å². The van der Waals surface area contributed by atoms with Gasteiger partial charge in [-0.15, -0.1) is 0 Å². The molecule has 3 rings (SSSR count). The number of rotatable bonds is 4. The van der Waals surface area contributed by atoms with E-state index in [4.69, 9.17) is 27.7 Å². The largest absolute Gasteiger partial charge is 0.361 e. The summed E-state index contributed by atoms with van der Waals surface area (Å²) in [7, 11) is 0. The van der Waals surface area contributed by atoms with Crippen molar-refractivity contribution < 1.29 is 9.32 Å². The molecule has 0 saturated carbocycles. The average Bonchev–Trinajstić information content (AvgIpc) is 2.99. The van der Waals surface area contributed by atoms with E-state index in [0.29, 0.717) is 40.9 Å². The van der Waals surface area contributed by atoms with Crippen LogP contribution in [0.15, 0.2) is 22.7 Å². The van der Waals surface area contributed by atoms with Crippen molar-refractivity contribution in [3.63, 3.8) is 0 Å². The summed E-state index contributed by atoms with van der Waals surface area (Å²) in [5.74, 6) is 0.616. The Morgan fingerprint density at radius 3 is 2.56 bits per heavy atom. The van der Waals surface area contributed by atoms with Crippen molar-refractivity contribution in [1.29, 1.82) is 0 Å². The van der Waals surface area contributed by atoms with E-state index in [0.717, 1.165) is 30.9 Å². The van der Waals surface area contributed by atoms with E-state index in [9.17, 15) is 4.79 Å². The number of carbonyl (C=O) groups is 1. The van der Waals surface area contributed by atoms with Crippen molar-refractivity contribution >= 4 is 29.1 Å². The smallest absolute Gasteiger partial charge is 0.259 e. The zero-order valence-corrected chi connectivity index (χ0v) is 15.9. The Kier molecular flexibility index (Phi) is 5.67. The number of benzene rings is 1. The number of hydrogen-bond acceptors (Lipinski definition) is 4. The van der Waals surface area contributed by atoms with Gasteiger partial charge in [0.2, 0.25) is 0 Å². The van der Waals surface area contributed by atoms with Gasteiger partial charge in [-0.05, 0) is 31.0 Å². The molecule has 1 aliphatic heterocycles. The van der Waals surface area contributed by atoms with Crippen LogP contribution in [0.25, 0.3) is 0 Å². The van der Waals surface area contributed by atoms with Gasteiger partial charge in [-0.1, -0.05) is 41.3 Å². The molecule has 1 aromatic carbocycles. The number of hydrogen-bond donors (Lipinski definition) is 0. The molecule has 5 nitrogen and oxygen atoms in total. The second-order valence-electron chi connectivity index (χ2n) is 6.23. The Morgan fingerprint density at radius 2 is 1.92 bits per heavy atom. The molecule has 1 aromatic heterocycles. The molecule has 134 valence electrons. The summed E-state index contributed by atoms with van der Waals surface area (Å²) in [5, 5.41) is 5.12. The highest BCUT2D eigenvalue weighted by atomic mass is 35.5. The average molecular weight is 382 g/mol. The highest BCUT2D eigenvalue weighted by Gasteiger charge is 2.27. The first-order valence-corrected chi connectivity index (χ1v) is 9.16. The van der Waals surface area contributed by atoms with Gasteiger partial charge in [-0.2, -0.15) is 0 Å². The highest BCUT2D eigenvalue weighted by molar-refractivity contribution is 6.42. The van der Waals surface area contributed by atoms with Crippen molar-refractivity contribution in [2.75, 3.05) is 26.2 Å². The number of aryl methyl sites for hydroxylation is 2. The first kappa shape index (κ1) is 18.2. The molecule has 2 heterocycles. The van der Waals surface area contributed by atoms with Crippen LogP contribution < -0.4 is 0 Å². The van der Waals surface area contributed by atoms with E-state index in [2.05, 4.69) is 10.1 Å². The normalized spacial score (nSPS) is 15.6. The standard InChI is InChI=1S/C18H21Cl2N3O2/c1-3-16-17(12(2)25-21-16)18(24)23-8-6-22(7-9-23)11-13-4-5-14(19)15(20)10-13/h4-5,10H,3,6-9,11H2,1-2H3. The number of halogens is 2. The third-order valence-corrected chi connectivity index (χ3v) is 5.27. The molecule has 1 aliphatic rings. The number of aromatic nitrogens is 1. The fraction of sp³-hybridized carbons (Fsp3) is 0.444. The van der Waals surface area contributed by atoms with E-state index in [1.54, 1.807) is 6.92 Å². The first-order valence-electron chi connectivity index (χ1n) is 8.40. The van der Waals surface area contributed by atoms with Crippen LogP contribution in [0.1, 0.15) is 34.3 Å². The monoisotopic (exact) mass is 381 g/mol. The Hall–Kier alpha value is -1.56. The van der Waals surface area contributed by atoms with Crippen LogP contribution in [-0.2, 0) is 13.0 Å². The topological polar surface area (TPSA) is 49.6 Å². The number of nitrogens with zero attached hydrogens (tertiary/aromatic N) is 3. The molecular formula is C18H21Cl2N3O2. The lowest BCUT2D eigenvalue weighted by atomic mass is 10.1. The molecule has 0 bridgehead atoms. The molecule has 0 unspecified atom stereocenters. The quantitative estimate of drug-likeness (QED) is 0.807.